The zero-order valence-electron chi connectivity index (χ0n) is 11.9. The van der Waals surface area contributed by atoms with Gasteiger partial charge in [-0.15, -0.1) is 0 Å². The van der Waals surface area contributed by atoms with E-state index in [9.17, 15) is 4.79 Å². The number of benzene rings is 1. The molecule has 1 saturated heterocycles. The fourth-order valence-electron chi connectivity index (χ4n) is 2.47. The first-order chi connectivity index (χ1) is 9.18. The minimum atomic E-state index is 0.294. The molecule has 1 amide bonds. The van der Waals surface area contributed by atoms with Crippen LogP contribution in [0, 0.1) is 0 Å². The summed E-state index contributed by atoms with van der Waals surface area (Å²) in [5.41, 5.74) is 1.25. The predicted molar refractivity (Wildman–Crippen MR) is 76.5 cm³/mol. The molecule has 0 aliphatic carbocycles. The van der Waals surface area contributed by atoms with E-state index in [1.807, 2.05) is 23.1 Å². The van der Waals surface area contributed by atoms with Crippen molar-refractivity contribution in [1.82, 2.24) is 4.90 Å². The normalized spacial score (nSPS) is 15.3. The molecule has 19 heavy (non-hydrogen) atoms. The van der Waals surface area contributed by atoms with Crippen LogP contribution in [0.5, 0.6) is 5.75 Å². The van der Waals surface area contributed by atoms with Gasteiger partial charge in [-0.25, -0.2) is 0 Å². The summed E-state index contributed by atoms with van der Waals surface area (Å²) in [7, 11) is 0. The van der Waals surface area contributed by atoms with Crippen molar-refractivity contribution in [3.63, 3.8) is 0 Å². The van der Waals surface area contributed by atoms with Crippen LogP contribution in [0.2, 0.25) is 0 Å². The van der Waals surface area contributed by atoms with Crippen LogP contribution in [-0.2, 0) is 4.79 Å². The molecule has 0 aromatic heterocycles. The molecular weight excluding hydrogens is 238 g/mol. The summed E-state index contributed by atoms with van der Waals surface area (Å²) in [6.07, 6.45) is 2.63. The molecule has 1 aliphatic rings. The summed E-state index contributed by atoms with van der Waals surface area (Å²) in [5.74, 6) is 1.74. The molecule has 3 nitrogen and oxygen atoms in total. The zero-order valence-corrected chi connectivity index (χ0v) is 11.9. The topological polar surface area (TPSA) is 29.5 Å². The van der Waals surface area contributed by atoms with Crippen LogP contribution in [0.15, 0.2) is 24.3 Å². The molecule has 104 valence electrons. The molecule has 1 aromatic carbocycles. The molecule has 1 aromatic rings. The van der Waals surface area contributed by atoms with E-state index in [1.54, 1.807) is 0 Å². The molecule has 0 spiro atoms. The van der Waals surface area contributed by atoms with Crippen molar-refractivity contribution >= 4 is 5.91 Å². The molecular formula is C16H23NO2. The number of carbonyl (C=O) groups is 1. The van der Waals surface area contributed by atoms with Crippen molar-refractivity contribution in [3.05, 3.63) is 29.8 Å². The Labute approximate surface area is 115 Å². The largest absolute Gasteiger partial charge is 0.493 e. The Hall–Kier alpha value is -1.51. The summed E-state index contributed by atoms with van der Waals surface area (Å²) in [6, 6.07) is 8.19. The number of ether oxygens (including phenoxy) is 1. The molecule has 3 heteroatoms. The summed E-state index contributed by atoms with van der Waals surface area (Å²) >= 11 is 0. The third-order valence-electron chi connectivity index (χ3n) is 3.54. The third kappa shape index (κ3) is 3.72. The average molecular weight is 261 g/mol. The summed E-state index contributed by atoms with van der Waals surface area (Å²) in [6.45, 7) is 6.76. The van der Waals surface area contributed by atoms with E-state index >= 15 is 0 Å². The predicted octanol–water partition coefficient (Wildman–Crippen LogP) is 3.20. The first kappa shape index (κ1) is 13.9. The van der Waals surface area contributed by atoms with Crippen LogP contribution in [-0.4, -0.2) is 30.5 Å². The van der Waals surface area contributed by atoms with E-state index in [4.69, 9.17) is 4.74 Å². The van der Waals surface area contributed by atoms with Crippen LogP contribution in [0.3, 0.4) is 0 Å². The van der Waals surface area contributed by atoms with Gasteiger partial charge in [-0.2, -0.15) is 0 Å². The SMILES string of the molecule is CC(C)c1ccccc1OCCCN1CCCC1=O. The van der Waals surface area contributed by atoms with Crippen LogP contribution < -0.4 is 4.74 Å². The van der Waals surface area contributed by atoms with Gasteiger partial charge in [0.1, 0.15) is 5.75 Å². The van der Waals surface area contributed by atoms with E-state index < -0.39 is 0 Å². The van der Waals surface area contributed by atoms with Gasteiger partial charge in [0, 0.05) is 19.5 Å². The highest BCUT2D eigenvalue weighted by molar-refractivity contribution is 5.77. The second-order valence-corrected chi connectivity index (χ2v) is 5.38. The second kappa shape index (κ2) is 6.60. The van der Waals surface area contributed by atoms with Gasteiger partial charge in [-0.1, -0.05) is 32.0 Å². The Balaban J connectivity index is 1.78. The van der Waals surface area contributed by atoms with Crippen molar-refractivity contribution in [2.24, 2.45) is 0 Å². The summed E-state index contributed by atoms with van der Waals surface area (Å²) in [5, 5.41) is 0. The minimum absolute atomic E-state index is 0.294. The van der Waals surface area contributed by atoms with Gasteiger partial charge in [0.15, 0.2) is 0 Å². The van der Waals surface area contributed by atoms with Crippen LogP contribution in [0.25, 0.3) is 0 Å². The number of likely N-dealkylation sites (tertiary alicyclic amines) is 1. The van der Waals surface area contributed by atoms with E-state index in [0.29, 0.717) is 18.4 Å². The van der Waals surface area contributed by atoms with Gasteiger partial charge in [0.25, 0.3) is 0 Å². The number of hydrogen-bond donors (Lipinski definition) is 0. The molecule has 2 rings (SSSR count). The molecule has 0 bridgehead atoms. The average Bonchev–Trinajstić information content (AvgIpc) is 2.80. The van der Waals surface area contributed by atoms with Crippen molar-refractivity contribution in [1.29, 1.82) is 0 Å². The lowest BCUT2D eigenvalue weighted by Gasteiger charge is -2.17. The lowest BCUT2D eigenvalue weighted by molar-refractivity contribution is -0.127. The van der Waals surface area contributed by atoms with Gasteiger partial charge in [0.05, 0.1) is 6.61 Å². The standard InChI is InChI=1S/C16H23NO2/c1-13(2)14-7-3-4-8-15(14)19-12-6-11-17-10-5-9-16(17)18/h3-4,7-8,13H,5-6,9-12H2,1-2H3. The maximum atomic E-state index is 11.5. The maximum absolute atomic E-state index is 11.5. The van der Waals surface area contributed by atoms with Gasteiger partial charge < -0.3 is 9.64 Å². The molecule has 0 saturated carbocycles. The van der Waals surface area contributed by atoms with Gasteiger partial charge >= 0.3 is 0 Å². The molecule has 0 unspecified atom stereocenters. The Morgan fingerprint density at radius 3 is 2.79 bits per heavy atom. The first-order valence-electron chi connectivity index (χ1n) is 7.18. The highest BCUT2D eigenvalue weighted by Crippen LogP contribution is 2.25. The molecule has 0 atom stereocenters. The highest BCUT2D eigenvalue weighted by Gasteiger charge is 2.19. The number of carbonyl (C=O) groups excluding carboxylic acids is 1. The van der Waals surface area contributed by atoms with Crippen LogP contribution >= 0.6 is 0 Å². The van der Waals surface area contributed by atoms with Gasteiger partial charge in [-0.05, 0) is 30.4 Å². The second-order valence-electron chi connectivity index (χ2n) is 5.38. The molecule has 1 fully saturated rings. The zero-order chi connectivity index (χ0) is 13.7. The quantitative estimate of drug-likeness (QED) is 0.736. The molecule has 1 aliphatic heterocycles. The first-order valence-corrected chi connectivity index (χ1v) is 7.18. The van der Waals surface area contributed by atoms with Gasteiger partial charge in [0.2, 0.25) is 5.91 Å². The third-order valence-corrected chi connectivity index (χ3v) is 3.54. The van der Waals surface area contributed by atoms with Crippen molar-refractivity contribution in [3.8, 4) is 5.75 Å². The maximum Gasteiger partial charge on any atom is 0.222 e. The highest BCUT2D eigenvalue weighted by atomic mass is 16.5. The Morgan fingerprint density at radius 1 is 1.32 bits per heavy atom. The minimum Gasteiger partial charge on any atom is -0.493 e. The van der Waals surface area contributed by atoms with Crippen LogP contribution in [0.1, 0.15) is 44.6 Å². The molecule has 0 N–H and O–H groups in total. The monoisotopic (exact) mass is 261 g/mol. The Kier molecular flexibility index (Phi) is 4.83. The summed E-state index contributed by atoms with van der Waals surface area (Å²) < 4.78 is 5.86. The number of hydrogen-bond acceptors (Lipinski definition) is 2. The van der Waals surface area contributed by atoms with Gasteiger partial charge in [-0.3, -0.25) is 4.79 Å². The van der Waals surface area contributed by atoms with Crippen molar-refractivity contribution in [2.75, 3.05) is 19.7 Å². The molecule has 1 heterocycles. The fraction of sp³-hybridized carbons (Fsp3) is 0.562. The lowest BCUT2D eigenvalue weighted by atomic mass is 10.0. The number of amides is 1. The number of nitrogens with zero attached hydrogens (tertiary/aromatic N) is 1. The van der Waals surface area contributed by atoms with E-state index in [1.165, 1.54) is 5.56 Å². The van der Waals surface area contributed by atoms with Crippen molar-refractivity contribution in [2.45, 2.75) is 39.0 Å². The Morgan fingerprint density at radius 2 is 2.11 bits per heavy atom. The smallest absolute Gasteiger partial charge is 0.222 e. The van der Waals surface area contributed by atoms with Crippen molar-refractivity contribution < 1.29 is 9.53 Å². The van der Waals surface area contributed by atoms with Crippen LogP contribution in [0.4, 0.5) is 0 Å². The number of para-hydroxylation sites is 1. The lowest BCUT2D eigenvalue weighted by Crippen LogP contribution is -2.26. The molecule has 0 radical (unpaired) electrons. The fourth-order valence-corrected chi connectivity index (χ4v) is 2.47. The number of rotatable bonds is 6. The summed E-state index contributed by atoms with van der Waals surface area (Å²) in [4.78, 5) is 13.4. The van der Waals surface area contributed by atoms with E-state index in [2.05, 4.69) is 19.9 Å². The van der Waals surface area contributed by atoms with E-state index in [-0.39, 0.29) is 0 Å². The van der Waals surface area contributed by atoms with E-state index in [0.717, 1.165) is 38.1 Å². The Bertz CT molecular complexity index is 429.